The summed E-state index contributed by atoms with van der Waals surface area (Å²) in [6.07, 6.45) is 17.6. The lowest BCUT2D eigenvalue weighted by Crippen LogP contribution is -2.30. The molecule has 1 fully saturated rings. The summed E-state index contributed by atoms with van der Waals surface area (Å²) in [4.78, 5) is 0. The average Bonchev–Trinajstić information content (AvgIpc) is 2.78. The van der Waals surface area contributed by atoms with E-state index in [-0.39, 0.29) is 0 Å². The van der Waals surface area contributed by atoms with E-state index in [2.05, 4.69) is 54.5 Å². The van der Waals surface area contributed by atoms with Crippen LogP contribution >= 0.6 is 0 Å². The van der Waals surface area contributed by atoms with Gasteiger partial charge in [0.2, 0.25) is 0 Å². The first-order valence-corrected chi connectivity index (χ1v) is 12.9. The molecule has 172 valence electrons. The fourth-order valence-corrected chi connectivity index (χ4v) is 6.17. The first-order chi connectivity index (χ1) is 13.8. The quantitative estimate of drug-likeness (QED) is 0.311. The Bertz CT molecular complexity index is 451. The van der Waals surface area contributed by atoms with E-state index in [1.807, 2.05) is 7.11 Å². The van der Waals surface area contributed by atoms with Gasteiger partial charge in [0.05, 0.1) is 0 Å². The number of methoxy groups -OCH3 is 1. The summed E-state index contributed by atoms with van der Waals surface area (Å²) in [6.45, 7) is 17.9. The predicted octanol–water partition coefficient (Wildman–Crippen LogP) is 9.07. The summed E-state index contributed by atoms with van der Waals surface area (Å²) in [5.74, 6) is 4.38. The molecule has 1 aliphatic rings. The molecular weight excluding hydrogens is 352 g/mol. The van der Waals surface area contributed by atoms with Gasteiger partial charge in [0.1, 0.15) is 0 Å². The van der Waals surface area contributed by atoms with E-state index in [1.54, 1.807) is 5.57 Å². The Morgan fingerprint density at radius 1 is 1.07 bits per heavy atom. The minimum atomic E-state index is 0.343. The molecule has 1 rings (SSSR count). The molecule has 29 heavy (non-hydrogen) atoms. The van der Waals surface area contributed by atoms with Crippen molar-refractivity contribution in [1.29, 1.82) is 0 Å². The van der Waals surface area contributed by atoms with E-state index < -0.39 is 0 Å². The maximum Gasteiger partial charge on any atom is 0.0499 e. The van der Waals surface area contributed by atoms with Gasteiger partial charge in [-0.3, -0.25) is 0 Å². The van der Waals surface area contributed by atoms with E-state index in [9.17, 15) is 0 Å². The third-order valence-electron chi connectivity index (χ3n) is 8.51. The molecule has 0 saturated heterocycles. The summed E-state index contributed by atoms with van der Waals surface area (Å²) >= 11 is 0. The maximum absolute atomic E-state index is 5.43. The average molecular weight is 407 g/mol. The second-order valence-electron chi connectivity index (χ2n) is 10.8. The van der Waals surface area contributed by atoms with Crippen LogP contribution in [0.15, 0.2) is 11.6 Å². The molecule has 0 N–H and O–H groups in total. The van der Waals surface area contributed by atoms with Crippen LogP contribution in [-0.4, -0.2) is 13.7 Å². The normalized spacial score (nSPS) is 27.8. The monoisotopic (exact) mass is 406 g/mol. The number of hydrogen-bond donors (Lipinski definition) is 0. The Labute approximate surface area is 184 Å². The Kier molecular flexibility index (Phi) is 12.8. The molecule has 5 atom stereocenters. The van der Waals surface area contributed by atoms with Crippen molar-refractivity contribution in [2.45, 2.75) is 119 Å². The Hall–Kier alpha value is -0.300. The van der Waals surface area contributed by atoms with Crippen LogP contribution < -0.4 is 0 Å². The second kappa shape index (κ2) is 13.9. The molecule has 1 saturated carbocycles. The molecular formula is C28H54O. The topological polar surface area (TPSA) is 9.23 Å². The van der Waals surface area contributed by atoms with Crippen molar-refractivity contribution in [1.82, 2.24) is 0 Å². The van der Waals surface area contributed by atoms with E-state index in [0.717, 1.165) is 42.6 Å². The molecule has 0 aliphatic heterocycles. The lowest BCUT2D eigenvalue weighted by molar-refractivity contribution is 0.154. The highest BCUT2D eigenvalue weighted by Crippen LogP contribution is 2.47. The van der Waals surface area contributed by atoms with Crippen molar-refractivity contribution in [2.75, 3.05) is 13.7 Å². The summed E-state index contributed by atoms with van der Waals surface area (Å²) in [5, 5.41) is 0. The first kappa shape index (κ1) is 26.7. The summed E-state index contributed by atoms with van der Waals surface area (Å²) in [6, 6.07) is 0. The zero-order chi connectivity index (χ0) is 21.9. The zero-order valence-corrected chi connectivity index (χ0v) is 21.4. The molecule has 0 aromatic rings. The zero-order valence-electron chi connectivity index (χ0n) is 21.4. The first-order valence-electron chi connectivity index (χ1n) is 12.9. The molecule has 1 nitrogen and oxygen atoms in total. The molecule has 0 amide bonds. The van der Waals surface area contributed by atoms with Gasteiger partial charge in [-0.15, -0.1) is 0 Å². The molecule has 0 aromatic heterocycles. The van der Waals surface area contributed by atoms with Crippen molar-refractivity contribution in [3.05, 3.63) is 11.6 Å². The molecule has 0 heterocycles. The van der Waals surface area contributed by atoms with Gasteiger partial charge in [-0.25, -0.2) is 0 Å². The molecule has 0 bridgehead atoms. The van der Waals surface area contributed by atoms with Crippen molar-refractivity contribution in [2.24, 2.45) is 35.0 Å². The van der Waals surface area contributed by atoms with Crippen LogP contribution in [0.25, 0.3) is 0 Å². The fourth-order valence-electron chi connectivity index (χ4n) is 6.17. The van der Waals surface area contributed by atoms with E-state index in [4.69, 9.17) is 4.74 Å². The van der Waals surface area contributed by atoms with E-state index in [1.165, 1.54) is 64.2 Å². The summed E-state index contributed by atoms with van der Waals surface area (Å²) in [7, 11) is 1.83. The van der Waals surface area contributed by atoms with E-state index >= 15 is 0 Å². The number of ether oxygens (including phenoxy) is 1. The smallest absolute Gasteiger partial charge is 0.0499 e. The Morgan fingerprint density at radius 3 is 2.34 bits per heavy atom. The number of hydrogen-bond acceptors (Lipinski definition) is 1. The van der Waals surface area contributed by atoms with Gasteiger partial charge in [-0.1, -0.05) is 91.7 Å². The summed E-state index contributed by atoms with van der Waals surface area (Å²) < 4.78 is 5.43. The van der Waals surface area contributed by atoms with Gasteiger partial charge in [-0.2, -0.15) is 0 Å². The van der Waals surface area contributed by atoms with E-state index in [0.29, 0.717) is 5.41 Å². The molecule has 0 aromatic carbocycles. The van der Waals surface area contributed by atoms with Crippen molar-refractivity contribution < 1.29 is 4.74 Å². The lowest BCUT2D eigenvalue weighted by Gasteiger charge is -2.40. The molecule has 0 spiro atoms. The second-order valence-corrected chi connectivity index (χ2v) is 10.8. The van der Waals surface area contributed by atoms with Crippen LogP contribution in [0.1, 0.15) is 119 Å². The van der Waals surface area contributed by atoms with Crippen LogP contribution in [0.4, 0.5) is 0 Å². The minimum Gasteiger partial charge on any atom is -0.384 e. The SMILES string of the molecule is C/C=C(/CCOC)[C@](C)(CC)[C@@H]1CCCC[C@H]([C@H](C)CCCC(C)C)[C@@H](C)CC1. The van der Waals surface area contributed by atoms with Gasteiger partial charge in [0, 0.05) is 13.7 Å². The minimum absolute atomic E-state index is 0.343. The van der Waals surface area contributed by atoms with Gasteiger partial charge < -0.3 is 4.74 Å². The highest BCUT2D eigenvalue weighted by molar-refractivity contribution is 5.14. The Balaban J connectivity index is 2.81. The third kappa shape index (κ3) is 8.39. The highest BCUT2D eigenvalue weighted by atomic mass is 16.5. The van der Waals surface area contributed by atoms with Gasteiger partial charge in [-0.05, 0) is 74.0 Å². The van der Waals surface area contributed by atoms with Gasteiger partial charge in [0.25, 0.3) is 0 Å². The van der Waals surface area contributed by atoms with Crippen LogP contribution in [0, 0.1) is 35.0 Å². The molecule has 1 aliphatic carbocycles. The van der Waals surface area contributed by atoms with Crippen LogP contribution in [-0.2, 0) is 4.74 Å². The van der Waals surface area contributed by atoms with Crippen LogP contribution in [0.5, 0.6) is 0 Å². The molecule has 0 radical (unpaired) electrons. The van der Waals surface area contributed by atoms with Crippen molar-refractivity contribution in [3.63, 3.8) is 0 Å². The number of allylic oxidation sites excluding steroid dienone is 1. The van der Waals surface area contributed by atoms with Crippen molar-refractivity contribution in [3.8, 4) is 0 Å². The van der Waals surface area contributed by atoms with Gasteiger partial charge >= 0.3 is 0 Å². The largest absolute Gasteiger partial charge is 0.384 e. The highest BCUT2D eigenvalue weighted by Gasteiger charge is 2.36. The lowest BCUT2D eigenvalue weighted by atomic mass is 9.65. The maximum atomic E-state index is 5.43. The standard InChI is InChI=1S/C28H54O/c1-9-25(20-21-29-8)28(7,10-2)26-16-11-12-17-27(24(6)18-19-26)23(5)15-13-14-22(3)4/h9,22-24,26-27H,10-21H2,1-8H3/b25-9-/t23-,24+,26-,27-,28+/m1/s1. The molecule has 1 heteroatoms. The fraction of sp³-hybridized carbons (Fsp3) is 0.929. The molecule has 0 unspecified atom stereocenters. The van der Waals surface area contributed by atoms with Crippen LogP contribution in [0.3, 0.4) is 0 Å². The third-order valence-corrected chi connectivity index (χ3v) is 8.51. The van der Waals surface area contributed by atoms with Crippen molar-refractivity contribution >= 4 is 0 Å². The van der Waals surface area contributed by atoms with Gasteiger partial charge in [0.15, 0.2) is 0 Å². The summed E-state index contributed by atoms with van der Waals surface area (Å²) in [5.41, 5.74) is 1.98. The predicted molar refractivity (Wildman–Crippen MR) is 130 cm³/mol. The number of rotatable bonds is 11. The van der Waals surface area contributed by atoms with Crippen LogP contribution in [0.2, 0.25) is 0 Å². The Morgan fingerprint density at radius 2 is 1.76 bits per heavy atom.